The average molecular weight is 354 g/mol. The van der Waals surface area contributed by atoms with Gasteiger partial charge in [-0.05, 0) is 30.7 Å². The SMILES string of the molecule is Cc1ccc(C2CC(=O)N(c3cccc(Cl)c3)C3=C2C(=O)OC3)cc1. The minimum Gasteiger partial charge on any atom is -0.456 e. The van der Waals surface area contributed by atoms with Gasteiger partial charge in [0.25, 0.3) is 0 Å². The van der Waals surface area contributed by atoms with Gasteiger partial charge in [0.1, 0.15) is 6.61 Å². The van der Waals surface area contributed by atoms with Crippen molar-refractivity contribution in [2.75, 3.05) is 11.5 Å². The number of anilines is 1. The highest BCUT2D eigenvalue weighted by atomic mass is 35.5. The van der Waals surface area contributed by atoms with Gasteiger partial charge in [0.05, 0.1) is 17.0 Å². The Labute approximate surface area is 150 Å². The number of amides is 1. The van der Waals surface area contributed by atoms with E-state index in [9.17, 15) is 9.59 Å². The number of rotatable bonds is 2. The van der Waals surface area contributed by atoms with Crippen molar-refractivity contribution in [1.29, 1.82) is 0 Å². The van der Waals surface area contributed by atoms with Crippen LogP contribution in [0.15, 0.2) is 59.8 Å². The minimum absolute atomic E-state index is 0.0649. The molecule has 0 saturated heterocycles. The van der Waals surface area contributed by atoms with Crippen LogP contribution < -0.4 is 4.90 Å². The van der Waals surface area contributed by atoms with Crippen LogP contribution in [0.1, 0.15) is 23.5 Å². The molecule has 1 amide bonds. The summed E-state index contributed by atoms with van der Waals surface area (Å²) in [5.41, 5.74) is 3.94. The number of carbonyl (C=O) groups is 2. The Bertz CT molecular complexity index is 901. The molecule has 2 aliphatic rings. The monoisotopic (exact) mass is 353 g/mol. The molecule has 0 aromatic heterocycles. The highest BCUT2D eigenvalue weighted by Crippen LogP contribution is 2.42. The number of halogens is 1. The first-order chi connectivity index (χ1) is 12.0. The van der Waals surface area contributed by atoms with Crippen molar-refractivity contribution in [2.24, 2.45) is 0 Å². The van der Waals surface area contributed by atoms with E-state index in [2.05, 4.69) is 0 Å². The van der Waals surface area contributed by atoms with E-state index in [1.54, 1.807) is 23.1 Å². The fourth-order valence-electron chi connectivity index (χ4n) is 3.45. The number of ether oxygens (including phenoxy) is 1. The van der Waals surface area contributed by atoms with Crippen LogP contribution in [0.5, 0.6) is 0 Å². The van der Waals surface area contributed by atoms with Crippen molar-refractivity contribution in [2.45, 2.75) is 19.3 Å². The summed E-state index contributed by atoms with van der Waals surface area (Å²) in [4.78, 5) is 26.8. The topological polar surface area (TPSA) is 46.6 Å². The highest BCUT2D eigenvalue weighted by molar-refractivity contribution is 6.31. The molecule has 0 saturated carbocycles. The molecule has 5 heteroatoms. The molecule has 0 spiro atoms. The highest BCUT2D eigenvalue weighted by Gasteiger charge is 2.42. The van der Waals surface area contributed by atoms with Gasteiger partial charge in [0.2, 0.25) is 5.91 Å². The molecule has 126 valence electrons. The summed E-state index contributed by atoms with van der Waals surface area (Å²) in [5, 5.41) is 0.540. The zero-order valence-electron chi connectivity index (χ0n) is 13.7. The number of hydrogen-bond acceptors (Lipinski definition) is 3. The second-order valence-electron chi connectivity index (χ2n) is 6.31. The van der Waals surface area contributed by atoms with E-state index < -0.39 is 0 Å². The van der Waals surface area contributed by atoms with Gasteiger partial charge in [0.15, 0.2) is 0 Å². The fourth-order valence-corrected chi connectivity index (χ4v) is 3.64. The second-order valence-corrected chi connectivity index (χ2v) is 6.75. The van der Waals surface area contributed by atoms with Crippen molar-refractivity contribution in [1.82, 2.24) is 0 Å². The summed E-state index contributed by atoms with van der Waals surface area (Å²) in [6.07, 6.45) is 0.226. The number of benzene rings is 2. The van der Waals surface area contributed by atoms with Crippen molar-refractivity contribution >= 4 is 29.2 Å². The van der Waals surface area contributed by atoms with Crippen LogP contribution in [0.25, 0.3) is 0 Å². The smallest absolute Gasteiger partial charge is 0.336 e. The largest absolute Gasteiger partial charge is 0.456 e. The van der Waals surface area contributed by atoms with Crippen LogP contribution in [0.4, 0.5) is 5.69 Å². The molecular weight excluding hydrogens is 338 g/mol. The van der Waals surface area contributed by atoms with E-state index in [1.807, 2.05) is 37.3 Å². The maximum atomic E-state index is 12.9. The van der Waals surface area contributed by atoms with Gasteiger partial charge in [-0.15, -0.1) is 0 Å². The van der Waals surface area contributed by atoms with Crippen LogP contribution in [0.3, 0.4) is 0 Å². The number of nitrogens with zero attached hydrogens (tertiary/aromatic N) is 1. The fraction of sp³-hybridized carbons (Fsp3) is 0.200. The van der Waals surface area contributed by atoms with Gasteiger partial charge in [-0.2, -0.15) is 0 Å². The van der Waals surface area contributed by atoms with Gasteiger partial charge in [-0.3, -0.25) is 9.69 Å². The molecule has 0 radical (unpaired) electrons. The van der Waals surface area contributed by atoms with Gasteiger partial charge in [0, 0.05) is 17.4 Å². The predicted molar refractivity (Wildman–Crippen MR) is 95.5 cm³/mol. The van der Waals surface area contributed by atoms with E-state index >= 15 is 0 Å². The quantitative estimate of drug-likeness (QED) is 0.767. The molecular formula is C20H16ClNO3. The van der Waals surface area contributed by atoms with E-state index in [0.29, 0.717) is 22.0 Å². The first-order valence-electron chi connectivity index (χ1n) is 8.10. The number of aryl methyl sites for hydroxylation is 1. The number of carbonyl (C=O) groups excluding carboxylic acids is 2. The molecule has 1 atom stereocenters. The maximum absolute atomic E-state index is 12.9. The van der Waals surface area contributed by atoms with Crippen LogP contribution in [-0.4, -0.2) is 18.5 Å². The Morgan fingerprint density at radius 3 is 2.60 bits per heavy atom. The van der Waals surface area contributed by atoms with E-state index in [0.717, 1.165) is 11.1 Å². The Hall–Kier alpha value is -2.59. The summed E-state index contributed by atoms with van der Waals surface area (Å²) in [6.45, 7) is 2.11. The first-order valence-corrected chi connectivity index (χ1v) is 8.47. The van der Waals surface area contributed by atoms with Crippen molar-refractivity contribution in [3.05, 3.63) is 76.0 Å². The van der Waals surface area contributed by atoms with Crippen molar-refractivity contribution < 1.29 is 14.3 Å². The summed E-state index contributed by atoms with van der Waals surface area (Å²) in [7, 11) is 0. The third-order valence-corrected chi connectivity index (χ3v) is 4.90. The van der Waals surface area contributed by atoms with Crippen molar-refractivity contribution in [3.8, 4) is 0 Å². The third kappa shape index (κ3) is 2.72. The van der Waals surface area contributed by atoms with E-state index in [-0.39, 0.29) is 30.8 Å². The lowest BCUT2D eigenvalue weighted by Crippen LogP contribution is -2.37. The lowest BCUT2D eigenvalue weighted by Gasteiger charge is -2.32. The van der Waals surface area contributed by atoms with Crippen LogP contribution >= 0.6 is 11.6 Å². The predicted octanol–water partition coefficient (Wildman–Crippen LogP) is 3.98. The Morgan fingerprint density at radius 2 is 1.88 bits per heavy atom. The third-order valence-electron chi connectivity index (χ3n) is 4.66. The molecule has 0 aliphatic carbocycles. The normalized spacial score (nSPS) is 19.9. The molecule has 2 aromatic carbocycles. The van der Waals surface area contributed by atoms with Crippen molar-refractivity contribution in [3.63, 3.8) is 0 Å². The number of cyclic esters (lactones) is 1. The van der Waals surface area contributed by atoms with E-state index in [4.69, 9.17) is 16.3 Å². The number of hydrogen-bond donors (Lipinski definition) is 0. The lowest BCUT2D eigenvalue weighted by atomic mass is 9.84. The first kappa shape index (κ1) is 15.9. The minimum atomic E-state index is -0.347. The molecule has 4 rings (SSSR count). The maximum Gasteiger partial charge on any atom is 0.336 e. The molecule has 2 aromatic rings. The number of esters is 1. The second kappa shape index (κ2) is 6.05. The standard InChI is InChI=1S/C20H16ClNO3/c1-12-5-7-13(8-6-12)16-10-18(23)22(15-4-2-3-14(21)9-15)17-11-25-20(24)19(16)17/h2-9,16H,10-11H2,1H3. The van der Waals surface area contributed by atoms with Gasteiger partial charge in [-0.1, -0.05) is 47.5 Å². The van der Waals surface area contributed by atoms with Gasteiger partial charge < -0.3 is 4.74 Å². The zero-order chi connectivity index (χ0) is 17.6. The summed E-state index contributed by atoms with van der Waals surface area (Å²) in [5.74, 6) is -0.682. The average Bonchev–Trinajstić information content (AvgIpc) is 2.96. The van der Waals surface area contributed by atoms with Crippen LogP contribution in [0.2, 0.25) is 5.02 Å². The summed E-state index contributed by atoms with van der Waals surface area (Å²) >= 11 is 6.07. The summed E-state index contributed by atoms with van der Waals surface area (Å²) in [6, 6.07) is 15.0. The molecule has 2 aliphatic heterocycles. The zero-order valence-corrected chi connectivity index (χ0v) is 14.4. The molecule has 0 fully saturated rings. The van der Waals surface area contributed by atoms with Gasteiger partial charge >= 0.3 is 5.97 Å². The molecule has 4 nitrogen and oxygen atoms in total. The van der Waals surface area contributed by atoms with E-state index in [1.165, 1.54) is 0 Å². The molecule has 1 unspecified atom stereocenters. The summed E-state index contributed by atoms with van der Waals surface area (Å²) < 4.78 is 5.27. The van der Waals surface area contributed by atoms with Crippen LogP contribution in [0, 0.1) is 6.92 Å². The molecule has 25 heavy (non-hydrogen) atoms. The Balaban J connectivity index is 1.83. The molecule has 2 heterocycles. The Kier molecular flexibility index (Phi) is 3.85. The van der Waals surface area contributed by atoms with Crippen LogP contribution in [-0.2, 0) is 14.3 Å². The molecule has 0 bridgehead atoms. The molecule has 0 N–H and O–H groups in total. The van der Waals surface area contributed by atoms with Gasteiger partial charge in [-0.25, -0.2) is 4.79 Å². The lowest BCUT2D eigenvalue weighted by molar-refractivity contribution is -0.136. The Morgan fingerprint density at radius 1 is 1.12 bits per heavy atom.